The van der Waals surface area contributed by atoms with E-state index in [1.54, 1.807) is 0 Å². The van der Waals surface area contributed by atoms with Gasteiger partial charge in [-0.05, 0) is 31.7 Å². The first-order chi connectivity index (χ1) is 6.61. The zero-order valence-corrected chi connectivity index (χ0v) is 9.12. The number of aliphatic hydroxyl groups excluding tert-OH is 1. The Labute approximate surface area is 85.9 Å². The number of nitrogens with two attached hydrogens (primary N) is 1. The molecular weight excluding hydrogens is 180 g/mol. The number of hydrogen-bond donors (Lipinski definition) is 3. The number of primary amides is 1. The van der Waals surface area contributed by atoms with Crippen molar-refractivity contribution in [1.29, 1.82) is 0 Å². The van der Waals surface area contributed by atoms with E-state index < -0.39 is 0 Å². The van der Waals surface area contributed by atoms with Crippen LogP contribution in [0.4, 0.5) is 0 Å². The van der Waals surface area contributed by atoms with E-state index in [-0.39, 0.29) is 18.6 Å². The highest BCUT2D eigenvalue weighted by Gasteiger charge is 2.10. The van der Waals surface area contributed by atoms with Crippen molar-refractivity contribution in [3.05, 3.63) is 0 Å². The molecular formula is C10H22N2O2. The van der Waals surface area contributed by atoms with Gasteiger partial charge in [-0.3, -0.25) is 4.79 Å². The lowest BCUT2D eigenvalue weighted by molar-refractivity contribution is -0.120. The van der Waals surface area contributed by atoms with Crippen LogP contribution in [-0.2, 0) is 4.79 Å². The summed E-state index contributed by atoms with van der Waals surface area (Å²) in [6.07, 6.45) is 2.66. The second-order valence-electron chi connectivity index (χ2n) is 3.75. The number of rotatable bonds is 8. The summed E-state index contributed by atoms with van der Waals surface area (Å²) in [6.45, 7) is 4.95. The molecule has 0 bridgehead atoms. The molecule has 14 heavy (non-hydrogen) atoms. The van der Waals surface area contributed by atoms with E-state index in [1.165, 1.54) is 0 Å². The number of nitrogens with one attached hydrogen (secondary N) is 1. The third kappa shape index (κ3) is 5.94. The predicted molar refractivity (Wildman–Crippen MR) is 56.8 cm³/mol. The summed E-state index contributed by atoms with van der Waals surface area (Å²) in [5, 5.41) is 11.9. The summed E-state index contributed by atoms with van der Waals surface area (Å²) in [6, 6.07) is -0.209. The van der Waals surface area contributed by atoms with Crippen molar-refractivity contribution in [3.8, 4) is 0 Å². The smallest absolute Gasteiger partial charge is 0.234 e. The summed E-state index contributed by atoms with van der Waals surface area (Å²) < 4.78 is 0. The molecule has 4 heteroatoms. The second-order valence-corrected chi connectivity index (χ2v) is 3.75. The first kappa shape index (κ1) is 13.4. The van der Waals surface area contributed by atoms with Crippen LogP contribution in [0.5, 0.6) is 0 Å². The van der Waals surface area contributed by atoms with Crippen LogP contribution in [0, 0.1) is 5.92 Å². The molecule has 4 nitrogen and oxygen atoms in total. The lowest BCUT2D eigenvalue weighted by Gasteiger charge is -2.13. The monoisotopic (exact) mass is 202 g/mol. The second kappa shape index (κ2) is 7.76. The molecule has 2 unspecified atom stereocenters. The lowest BCUT2D eigenvalue weighted by atomic mass is 10.1. The van der Waals surface area contributed by atoms with Crippen molar-refractivity contribution in [2.45, 2.75) is 39.2 Å². The maximum absolute atomic E-state index is 10.8. The van der Waals surface area contributed by atoms with Gasteiger partial charge in [0, 0.05) is 6.61 Å². The average Bonchev–Trinajstić information content (AvgIpc) is 2.16. The Balaban J connectivity index is 3.47. The summed E-state index contributed by atoms with van der Waals surface area (Å²) in [5.41, 5.74) is 5.17. The van der Waals surface area contributed by atoms with Crippen LogP contribution in [-0.4, -0.2) is 30.2 Å². The molecule has 84 valence electrons. The van der Waals surface area contributed by atoms with E-state index in [1.807, 2.05) is 13.8 Å². The summed E-state index contributed by atoms with van der Waals surface area (Å²) >= 11 is 0. The molecule has 0 aromatic carbocycles. The summed E-state index contributed by atoms with van der Waals surface area (Å²) in [4.78, 5) is 10.8. The van der Waals surface area contributed by atoms with Crippen molar-refractivity contribution < 1.29 is 9.90 Å². The minimum atomic E-state index is -0.289. The van der Waals surface area contributed by atoms with Crippen LogP contribution in [0.1, 0.15) is 33.1 Å². The first-order valence-electron chi connectivity index (χ1n) is 5.25. The third-order valence-corrected chi connectivity index (χ3v) is 2.33. The number of aliphatic hydroxyl groups is 1. The molecule has 0 aliphatic carbocycles. The Bertz CT molecular complexity index is 162. The van der Waals surface area contributed by atoms with Gasteiger partial charge >= 0.3 is 0 Å². The van der Waals surface area contributed by atoms with Crippen molar-refractivity contribution in [3.63, 3.8) is 0 Å². The largest absolute Gasteiger partial charge is 0.396 e. The van der Waals surface area contributed by atoms with Gasteiger partial charge in [0.05, 0.1) is 6.04 Å². The number of hydrogen-bond acceptors (Lipinski definition) is 3. The third-order valence-electron chi connectivity index (χ3n) is 2.33. The van der Waals surface area contributed by atoms with Gasteiger partial charge in [0.15, 0.2) is 0 Å². The van der Waals surface area contributed by atoms with E-state index in [2.05, 4.69) is 5.32 Å². The molecule has 0 fully saturated rings. The van der Waals surface area contributed by atoms with Crippen LogP contribution in [0.2, 0.25) is 0 Å². The van der Waals surface area contributed by atoms with Crippen molar-refractivity contribution >= 4 is 5.91 Å². The van der Waals surface area contributed by atoms with Crippen LogP contribution >= 0.6 is 0 Å². The highest BCUT2D eigenvalue weighted by Crippen LogP contribution is 2.03. The normalized spacial score (nSPS) is 15.1. The molecule has 1 amide bonds. The van der Waals surface area contributed by atoms with E-state index >= 15 is 0 Å². The van der Waals surface area contributed by atoms with Crippen LogP contribution in [0.3, 0.4) is 0 Å². The van der Waals surface area contributed by atoms with E-state index in [0.29, 0.717) is 5.92 Å². The maximum Gasteiger partial charge on any atom is 0.234 e. The SMILES string of the molecule is CCC(NCCCC(C)CO)C(N)=O. The molecule has 4 N–H and O–H groups in total. The molecule has 0 rings (SSSR count). The van der Waals surface area contributed by atoms with Gasteiger partial charge in [-0.25, -0.2) is 0 Å². The fraction of sp³-hybridized carbons (Fsp3) is 0.900. The molecule has 0 spiro atoms. The molecule has 0 aliphatic rings. The number of amides is 1. The van der Waals surface area contributed by atoms with Gasteiger partial charge in [0.2, 0.25) is 5.91 Å². The minimum Gasteiger partial charge on any atom is -0.396 e. The van der Waals surface area contributed by atoms with Crippen LogP contribution in [0.15, 0.2) is 0 Å². The van der Waals surface area contributed by atoms with Gasteiger partial charge in [0.1, 0.15) is 0 Å². The Morgan fingerprint density at radius 1 is 1.57 bits per heavy atom. The van der Waals surface area contributed by atoms with Gasteiger partial charge in [-0.2, -0.15) is 0 Å². The molecule has 0 aromatic rings. The van der Waals surface area contributed by atoms with Crippen molar-refractivity contribution in [2.24, 2.45) is 11.7 Å². The highest BCUT2D eigenvalue weighted by atomic mass is 16.3. The molecule has 0 saturated heterocycles. The molecule has 0 saturated carbocycles. The quantitative estimate of drug-likeness (QED) is 0.494. The van der Waals surface area contributed by atoms with Gasteiger partial charge in [-0.1, -0.05) is 13.8 Å². The number of carbonyl (C=O) groups is 1. The molecule has 0 radical (unpaired) electrons. The van der Waals surface area contributed by atoms with E-state index in [4.69, 9.17) is 10.8 Å². The maximum atomic E-state index is 10.8. The minimum absolute atomic E-state index is 0.209. The average molecular weight is 202 g/mol. The Kier molecular flexibility index (Phi) is 7.42. The van der Waals surface area contributed by atoms with Crippen molar-refractivity contribution in [2.75, 3.05) is 13.2 Å². The zero-order valence-electron chi connectivity index (χ0n) is 9.12. The Hall–Kier alpha value is -0.610. The standard InChI is InChI=1S/C10H22N2O2/c1-3-9(10(11)14)12-6-4-5-8(2)7-13/h8-9,12-13H,3-7H2,1-2H3,(H2,11,14). The van der Waals surface area contributed by atoms with E-state index in [0.717, 1.165) is 25.8 Å². The summed E-state index contributed by atoms with van der Waals surface area (Å²) in [5.74, 6) is 0.0492. The fourth-order valence-corrected chi connectivity index (χ4v) is 1.26. The van der Waals surface area contributed by atoms with Gasteiger partial charge < -0.3 is 16.2 Å². The Morgan fingerprint density at radius 3 is 2.64 bits per heavy atom. The number of carbonyl (C=O) groups excluding carboxylic acids is 1. The fourth-order valence-electron chi connectivity index (χ4n) is 1.26. The van der Waals surface area contributed by atoms with Crippen LogP contribution in [0.25, 0.3) is 0 Å². The van der Waals surface area contributed by atoms with Crippen LogP contribution < -0.4 is 11.1 Å². The molecule has 2 atom stereocenters. The predicted octanol–water partition coefficient (Wildman–Crippen LogP) is 0.248. The van der Waals surface area contributed by atoms with E-state index in [9.17, 15) is 4.79 Å². The summed E-state index contributed by atoms with van der Waals surface area (Å²) in [7, 11) is 0. The first-order valence-corrected chi connectivity index (χ1v) is 5.25. The molecule has 0 aliphatic heterocycles. The van der Waals surface area contributed by atoms with Crippen molar-refractivity contribution in [1.82, 2.24) is 5.32 Å². The van der Waals surface area contributed by atoms with Gasteiger partial charge in [0.25, 0.3) is 0 Å². The zero-order chi connectivity index (χ0) is 11.0. The van der Waals surface area contributed by atoms with Gasteiger partial charge in [-0.15, -0.1) is 0 Å². The topological polar surface area (TPSA) is 75.3 Å². The highest BCUT2D eigenvalue weighted by molar-refractivity contribution is 5.79. The molecule has 0 aromatic heterocycles. The lowest BCUT2D eigenvalue weighted by Crippen LogP contribution is -2.41. The Morgan fingerprint density at radius 2 is 2.21 bits per heavy atom. The molecule has 0 heterocycles.